The summed E-state index contributed by atoms with van der Waals surface area (Å²) in [5.74, 6) is -0.651. The fourth-order valence-corrected chi connectivity index (χ4v) is 3.06. The Balaban J connectivity index is 2.49. The van der Waals surface area contributed by atoms with Gasteiger partial charge < -0.3 is 10.1 Å². The highest BCUT2D eigenvalue weighted by Gasteiger charge is 2.40. The predicted octanol–water partition coefficient (Wildman–Crippen LogP) is 3.23. The summed E-state index contributed by atoms with van der Waals surface area (Å²) in [5.41, 5.74) is 0.144. The van der Waals surface area contributed by atoms with Gasteiger partial charge in [0, 0.05) is 17.3 Å². The van der Waals surface area contributed by atoms with Crippen molar-refractivity contribution in [3.05, 3.63) is 45.9 Å². The molecule has 2 rings (SSSR count). The molecule has 0 saturated heterocycles. The van der Waals surface area contributed by atoms with Gasteiger partial charge in [-0.15, -0.1) is 11.3 Å². The molecule has 0 fully saturated rings. The van der Waals surface area contributed by atoms with Crippen LogP contribution in [-0.2, 0) is 19.7 Å². The fraction of sp³-hybridized carbons (Fsp3) is 0.267. The minimum absolute atomic E-state index is 0.216. The lowest BCUT2D eigenvalue weighted by Crippen LogP contribution is -2.35. The van der Waals surface area contributed by atoms with Crippen molar-refractivity contribution in [3.63, 3.8) is 0 Å². The fourth-order valence-electron chi connectivity index (χ4n) is 2.07. The Morgan fingerprint density at radius 3 is 2.50 bits per heavy atom. The number of methoxy groups -OCH3 is 1. The number of hydrogen-bond donors (Lipinski definition) is 1. The Kier molecular flexibility index (Phi) is 4.83. The molecule has 22 heavy (non-hydrogen) atoms. The van der Waals surface area contributed by atoms with Crippen molar-refractivity contribution in [2.75, 3.05) is 12.4 Å². The summed E-state index contributed by atoms with van der Waals surface area (Å²) in [4.78, 5) is 27.8. The Bertz CT molecular complexity index is 699. The molecule has 1 unspecified atom stereocenters. The number of hydrogen-bond acceptors (Lipinski definition) is 5. The Hall–Kier alpha value is -1.92. The molecule has 1 atom stereocenters. The van der Waals surface area contributed by atoms with E-state index in [1.165, 1.54) is 25.4 Å². The van der Waals surface area contributed by atoms with Crippen molar-refractivity contribution in [2.45, 2.75) is 19.3 Å². The van der Waals surface area contributed by atoms with Crippen LogP contribution in [0.15, 0.2) is 29.6 Å². The largest absolute Gasteiger partial charge is 0.468 e. The number of carbonyl (C=O) groups excluding carboxylic acids is 2. The number of aromatic nitrogens is 1. The van der Waals surface area contributed by atoms with Crippen LogP contribution in [-0.4, -0.2) is 24.0 Å². The molecule has 0 bridgehead atoms. The van der Waals surface area contributed by atoms with Crippen LogP contribution >= 0.6 is 22.9 Å². The number of benzene rings is 1. The SMILES string of the molecule is COC(=O)C(C)(c1ccc(Cl)cc1)c1csc(NC(C)=O)n1. The van der Waals surface area contributed by atoms with Gasteiger partial charge in [-0.25, -0.2) is 4.98 Å². The molecule has 1 aromatic carbocycles. The molecule has 0 aliphatic heterocycles. The second kappa shape index (κ2) is 6.46. The van der Waals surface area contributed by atoms with Crippen molar-refractivity contribution >= 4 is 39.9 Å². The minimum atomic E-state index is -1.08. The molecule has 5 nitrogen and oxygen atoms in total. The van der Waals surface area contributed by atoms with Crippen molar-refractivity contribution in [1.82, 2.24) is 4.98 Å². The van der Waals surface area contributed by atoms with Crippen LogP contribution in [0.4, 0.5) is 5.13 Å². The Morgan fingerprint density at radius 1 is 1.32 bits per heavy atom. The molecule has 0 saturated carbocycles. The normalized spacial score (nSPS) is 13.3. The average Bonchev–Trinajstić information content (AvgIpc) is 2.94. The lowest BCUT2D eigenvalue weighted by atomic mass is 9.80. The zero-order valence-electron chi connectivity index (χ0n) is 12.3. The topological polar surface area (TPSA) is 68.3 Å². The van der Waals surface area contributed by atoms with E-state index in [1.54, 1.807) is 36.6 Å². The number of rotatable bonds is 4. The van der Waals surface area contributed by atoms with E-state index in [9.17, 15) is 9.59 Å². The van der Waals surface area contributed by atoms with E-state index in [-0.39, 0.29) is 5.91 Å². The van der Waals surface area contributed by atoms with Gasteiger partial charge in [0.2, 0.25) is 5.91 Å². The first-order chi connectivity index (χ1) is 10.4. The van der Waals surface area contributed by atoms with Crippen molar-refractivity contribution in [1.29, 1.82) is 0 Å². The number of esters is 1. The monoisotopic (exact) mass is 338 g/mol. The summed E-state index contributed by atoms with van der Waals surface area (Å²) in [7, 11) is 1.33. The van der Waals surface area contributed by atoms with Gasteiger partial charge in [-0.3, -0.25) is 9.59 Å². The molecule has 0 spiro atoms. The number of ether oxygens (including phenoxy) is 1. The first-order valence-corrected chi connectivity index (χ1v) is 7.71. The first kappa shape index (κ1) is 16.5. The molecule has 2 aromatic rings. The van der Waals surface area contributed by atoms with Crippen LogP contribution in [0.1, 0.15) is 25.1 Å². The van der Waals surface area contributed by atoms with Crippen molar-refractivity contribution < 1.29 is 14.3 Å². The van der Waals surface area contributed by atoms with E-state index < -0.39 is 11.4 Å². The minimum Gasteiger partial charge on any atom is -0.468 e. The molecule has 1 N–H and O–H groups in total. The first-order valence-electron chi connectivity index (χ1n) is 6.46. The van der Waals surface area contributed by atoms with Gasteiger partial charge in [0.25, 0.3) is 0 Å². The summed E-state index contributed by atoms with van der Waals surface area (Å²) < 4.78 is 4.95. The van der Waals surface area contributed by atoms with Gasteiger partial charge in [0.1, 0.15) is 5.41 Å². The highest BCUT2D eigenvalue weighted by Crippen LogP contribution is 2.35. The second-order valence-corrected chi connectivity index (χ2v) is 6.14. The number of nitrogens with one attached hydrogen (secondary N) is 1. The number of thiazole rings is 1. The van der Waals surface area contributed by atoms with E-state index in [0.29, 0.717) is 21.4 Å². The third-order valence-electron chi connectivity index (χ3n) is 3.31. The average molecular weight is 339 g/mol. The van der Waals surface area contributed by atoms with Crippen molar-refractivity contribution in [3.8, 4) is 0 Å². The number of nitrogens with zero attached hydrogens (tertiary/aromatic N) is 1. The molecule has 1 amide bonds. The molecule has 1 heterocycles. The van der Waals surface area contributed by atoms with Crippen LogP contribution in [0.5, 0.6) is 0 Å². The third kappa shape index (κ3) is 3.13. The van der Waals surface area contributed by atoms with Crippen LogP contribution in [0.2, 0.25) is 5.02 Å². The molecule has 0 aliphatic rings. The maximum absolute atomic E-state index is 12.4. The second-order valence-electron chi connectivity index (χ2n) is 4.84. The highest BCUT2D eigenvalue weighted by atomic mass is 35.5. The standard InChI is InChI=1S/C15H15ClN2O3S/c1-9(19)17-14-18-12(8-22-14)15(2,13(20)21-3)10-4-6-11(16)7-5-10/h4-8H,1-3H3,(H,17,18,19). The summed E-state index contributed by atoms with van der Waals surface area (Å²) >= 11 is 7.16. The molecular weight excluding hydrogens is 324 g/mol. The molecular formula is C15H15ClN2O3S. The predicted molar refractivity (Wildman–Crippen MR) is 86.3 cm³/mol. The van der Waals surface area contributed by atoms with Crippen LogP contribution < -0.4 is 5.32 Å². The maximum atomic E-state index is 12.4. The number of halogens is 1. The Labute approximate surface area is 137 Å². The lowest BCUT2D eigenvalue weighted by Gasteiger charge is -2.25. The van der Waals surface area contributed by atoms with E-state index in [1.807, 2.05) is 0 Å². The molecule has 1 aromatic heterocycles. The summed E-state index contributed by atoms with van der Waals surface area (Å²) in [6.07, 6.45) is 0. The summed E-state index contributed by atoms with van der Waals surface area (Å²) in [6.45, 7) is 3.13. The smallest absolute Gasteiger partial charge is 0.322 e. The summed E-state index contributed by atoms with van der Waals surface area (Å²) in [6, 6.07) is 6.94. The lowest BCUT2D eigenvalue weighted by molar-refractivity contribution is -0.145. The van der Waals surface area contributed by atoms with Gasteiger partial charge in [0.05, 0.1) is 12.8 Å². The molecule has 0 aliphatic carbocycles. The number of carbonyl (C=O) groups is 2. The third-order valence-corrected chi connectivity index (χ3v) is 4.32. The number of amides is 1. The van der Waals surface area contributed by atoms with Gasteiger partial charge in [-0.05, 0) is 24.6 Å². The van der Waals surface area contributed by atoms with E-state index in [4.69, 9.17) is 16.3 Å². The zero-order chi connectivity index (χ0) is 16.3. The van der Waals surface area contributed by atoms with Gasteiger partial charge >= 0.3 is 5.97 Å². The molecule has 0 radical (unpaired) electrons. The van der Waals surface area contributed by atoms with Gasteiger partial charge in [-0.1, -0.05) is 23.7 Å². The van der Waals surface area contributed by atoms with E-state index >= 15 is 0 Å². The van der Waals surface area contributed by atoms with Crippen LogP contribution in [0.3, 0.4) is 0 Å². The van der Waals surface area contributed by atoms with Gasteiger partial charge in [0.15, 0.2) is 5.13 Å². The molecule has 116 valence electrons. The molecule has 7 heteroatoms. The van der Waals surface area contributed by atoms with Crippen molar-refractivity contribution in [2.24, 2.45) is 0 Å². The Morgan fingerprint density at radius 2 is 1.95 bits per heavy atom. The highest BCUT2D eigenvalue weighted by molar-refractivity contribution is 7.14. The summed E-state index contributed by atoms with van der Waals surface area (Å²) in [5, 5.41) is 5.36. The van der Waals surface area contributed by atoms with Crippen LogP contribution in [0, 0.1) is 0 Å². The van der Waals surface area contributed by atoms with E-state index in [0.717, 1.165) is 0 Å². The number of anilines is 1. The van der Waals surface area contributed by atoms with Gasteiger partial charge in [-0.2, -0.15) is 0 Å². The van der Waals surface area contributed by atoms with E-state index in [2.05, 4.69) is 10.3 Å². The zero-order valence-corrected chi connectivity index (χ0v) is 13.9. The van der Waals surface area contributed by atoms with Crippen LogP contribution in [0.25, 0.3) is 0 Å². The maximum Gasteiger partial charge on any atom is 0.322 e. The quantitative estimate of drug-likeness (QED) is 0.869.